The van der Waals surface area contributed by atoms with Gasteiger partial charge in [0.1, 0.15) is 5.82 Å². The third kappa shape index (κ3) is 3.85. The van der Waals surface area contributed by atoms with Gasteiger partial charge in [0.15, 0.2) is 0 Å². The molecule has 0 aliphatic carbocycles. The van der Waals surface area contributed by atoms with Crippen molar-refractivity contribution in [3.05, 3.63) is 46.3 Å². The number of pyridine rings is 1. The Bertz CT molecular complexity index is 511. The number of urea groups is 1. The van der Waals surface area contributed by atoms with Gasteiger partial charge < -0.3 is 5.32 Å². The number of nitrogens with zero attached hydrogens (tertiary/aromatic N) is 1. The molecule has 2 rings (SSSR count). The Morgan fingerprint density at radius 1 is 1.39 bits per heavy atom. The van der Waals surface area contributed by atoms with Crippen LogP contribution in [0.2, 0.25) is 0 Å². The van der Waals surface area contributed by atoms with Gasteiger partial charge in [0.2, 0.25) is 0 Å². The van der Waals surface area contributed by atoms with Crippen molar-refractivity contribution in [3.63, 3.8) is 0 Å². The average molecular weight is 261 g/mol. The smallest absolute Gasteiger partial charge is 0.320 e. The Morgan fingerprint density at radius 2 is 2.28 bits per heavy atom. The van der Waals surface area contributed by atoms with Gasteiger partial charge in [-0.05, 0) is 47.9 Å². The van der Waals surface area contributed by atoms with Crippen LogP contribution < -0.4 is 10.6 Å². The summed E-state index contributed by atoms with van der Waals surface area (Å²) >= 11 is 1.66. The van der Waals surface area contributed by atoms with Crippen molar-refractivity contribution in [2.75, 3.05) is 11.9 Å². The predicted molar refractivity (Wildman–Crippen MR) is 74.0 cm³/mol. The second-order valence-electron chi connectivity index (χ2n) is 3.93. The van der Waals surface area contributed by atoms with Gasteiger partial charge in [-0.15, -0.1) is 0 Å². The predicted octanol–water partition coefficient (Wildman–Crippen LogP) is 2.82. The number of nitrogens with one attached hydrogen (secondary N) is 2. The Kier molecular flexibility index (Phi) is 4.30. The fourth-order valence-corrected chi connectivity index (χ4v) is 2.23. The van der Waals surface area contributed by atoms with E-state index in [4.69, 9.17) is 0 Å². The van der Waals surface area contributed by atoms with E-state index in [1.807, 2.05) is 24.4 Å². The summed E-state index contributed by atoms with van der Waals surface area (Å²) in [5, 5.41) is 9.63. The first-order valence-electron chi connectivity index (χ1n) is 5.73. The highest BCUT2D eigenvalue weighted by molar-refractivity contribution is 7.07. The zero-order chi connectivity index (χ0) is 12.8. The number of amides is 2. The Hall–Kier alpha value is -1.88. The lowest BCUT2D eigenvalue weighted by molar-refractivity contribution is 0.252. The molecular weight excluding hydrogens is 246 g/mol. The van der Waals surface area contributed by atoms with Crippen LogP contribution in [0.4, 0.5) is 10.6 Å². The molecule has 18 heavy (non-hydrogen) atoms. The highest BCUT2D eigenvalue weighted by atomic mass is 32.1. The summed E-state index contributed by atoms with van der Waals surface area (Å²) in [6.07, 6.45) is 0.845. The minimum absolute atomic E-state index is 0.219. The summed E-state index contributed by atoms with van der Waals surface area (Å²) in [7, 11) is 0. The molecule has 94 valence electrons. The van der Waals surface area contributed by atoms with E-state index in [-0.39, 0.29) is 6.03 Å². The Morgan fingerprint density at radius 3 is 3.00 bits per heavy atom. The van der Waals surface area contributed by atoms with Crippen molar-refractivity contribution >= 4 is 23.2 Å². The molecule has 2 amide bonds. The highest BCUT2D eigenvalue weighted by Crippen LogP contribution is 2.06. The summed E-state index contributed by atoms with van der Waals surface area (Å²) in [5.74, 6) is 0.572. The fourth-order valence-electron chi connectivity index (χ4n) is 1.53. The second-order valence-corrected chi connectivity index (χ2v) is 4.71. The van der Waals surface area contributed by atoms with Crippen LogP contribution in [0.3, 0.4) is 0 Å². The average Bonchev–Trinajstić information content (AvgIpc) is 2.82. The van der Waals surface area contributed by atoms with Gasteiger partial charge in [-0.1, -0.05) is 6.07 Å². The number of carbonyl (C=O) groups excluding carboxylic acids is 1. The molecule has 0 fully saturated rings. The molecule has 0 aliphatic rings. The van der Waals surface area contributed by atoms with Crippen molar-refractivity contribution in [2.45, 2.75) is 13.3 Å². The topological polar surface area (TPSA) is 54.0 Å². The quantitative estimate of drug-likeness (QED) is 0.889. The largest absolute Gasteiger partial charge is 0.337 e. The molecule has 2 N–H and O–H groups in total. The standard InChI is InChI=1S/C13H15N3OS/c1-10-3-2-4-12(15-10)16-13(17)14-7-5-11-6-8-18-9-11/h2-4,6,8-9H,5,7H2,1H3,(H2,14,15,16,17). The zero-order valence-electron chi connectivity index (χ0n) is 10.1. The maximum atomic E-state index is 11.6. The lowest BCUT2D eigenvalue weighted by Gasteiger charge is -2.06. The van der Waals surface area contributed by atoms with Crippen molar-refractivity contribution in [1.82, 2.24) is 10.3 Å². The minimum atomic E-state index is -0.219. The van der Waals surface area contributed by atoms with Gasteiger partial charge in [-0.25, -0.2) is 9.78 Å². The number of carbonyl (C=O) groups is 1. The molecule has 0 radical (unpaired) electrons. The number of anilines is 1. The summed E-state index contributed by atoms with van der Waals surface area (Å²) < 4.78 is 0. The van der Waals surface area contributed by atoms with E-state index in [0.29, 0.717) is 12.4 Å². The lowest BCUT2D eigenvalue weighted by Crippen LogP contribution is -2.30. The van der Waals surface area contributed by atoms with Crippen LogP contribution in [-0.4, -0.2) is 17.6 Å². The molecule has 0 spiro atoms. The molecule has 4 nitrogen and oxygen atoms in total. The van der Waals surface area contributed by atoms with Crippen LogP contribution in [0.15, 0.2) is 35.0 Å². The number of thiophene rings is 1. The van der Waals surface area contributed by atoms with E-state index < -0.39 is 0 Å². The van der Waals surface area contributed by atoms with Crippen LogP contribution in [0.25, 0.3) is 0 Å². The maximum Gasteiger partial charge on any atom is 0.320 e. The summed E-state index contributed by atoms with van der Waals surface area (Å²) in [6.45, 7) is 2.51. The van der Waals surface area contributed by atoms with Gasteiger partial charge in [-0.2, -0.15) is 11.3 Å². The minimum Gasteiger partial charge on any atom is -0.337 e. The first-order valence-corrected chi connectivity index (χ1v) is 6.68. The molecule has 0 bridgehead atoms. The second kappa shape index (κ2) is 6.16. The number of rotatable bonds is 4. The zero-order valence-corrected chi connectivity index (χ0v) is 11.0. The fraction of sp³-hybridized carbons (Fsp3) is 0.231. The SMILES string of the molecule is Cc1cccc(NC(=O)NCCc2ccsc2)n1. The van der Waals surface area contributed by atoms with E-state index >= 15 is 0 Å². The summed E-state index contributed by atoms with van der Waals surface area (Å²) in [5.41, 5.74) is 2.13. The normalized spacial score (nSPS) is 10.1. The van der Waals surface area contributed by atoms with E-state index in [2.05, 4.69) is 27.1 Å². The molecule has 5 heteroatoms. The summed E-state index contributed by atoms with van der Waals surface area (Å²) in [6, 6.07) is 7.36. The molecular formula is C13H15N3OS. The van der Waals surface area contributed by atoms with Gasteiger partial charge in [0, 0.05) is 12.2 Å². The Labute approximate surface area is 110 Å². The van der Waals surface area contributed by atoms with Crippen LogP contribution in [-0.2, 0) is 6.42 Å². The van der Waals surface area contributed by atoms with Crippen molar-refractivity contribution < 1.29 is 4.79 Å². The van der Waals surface area contributed by atoms with Gasteiger partial charge >= 0.3 is 6.03 Å². The Balaban J connectivity index is 1.75. The van der Waals surface area contributed by atoms with Crippen molar-refractivity contribution in [1.29, 1.82) is 0 Å². The maximum absolute atomic E-state index is 11.6. The van der Waals surface area contributed by atoms with Crippen LogP contribution in [0.5, 0.6) is 0 Å². The van der Waals surface area contributed by atoms with Crippen LogP contribution in [0.1, 0.15) is 11.3 Å². The number of hydrogen-bond acceptors (Lipinski definition) is 3. The number of aromatic nitrogens is 1. The van der Waals surface area contributed by atoms with Crippen LogP contribution >= 0.6 is 11.3 Å². The lowest BCUT2D eigenvalue weighted by atomic mass is 10.2. The summed E-state index contributed by atoms with van der Waals surface area (Å²) in [4.78, 5) is 15.8. The molecule has 0 saturated heterocycles. The first-order chi connectivity index (χ1) is 8.74. The monoisotopic (exact) mass is 261 g/mol. The molecule has 0 atom stereocenters. The van der Waals surface area contributed by atoms with E-state index in [9.17, 15) is 4.79 Å². The van der Waals surface area contributed by atoms with E-state index in [0.717, 1.165) is 12.1 Å². The molecule has 2 heterocycles. The molecule has 0 aliphatic heterocycles. The van der Waals surface area contributed by atoms with E-state index in [1.165, 1.54) is 5.56 Å². The van der Waals surface area contributed by atoms with Gasteiger partial charge in [-0.3, -0.25) is 5.32 Å². The molecule has 2 aromatic heterocycles. The highest BCUT2D eigenvalue weighted by Gasteiger charge is 2.02. The molecule has 0 aromatic carbocycles. The van der Waals surface area contributed by atoms with Crippen molar-refractivity contribution in [3.8, 4) is 0 Å². The third-order valence-electron chi connectivity index (χ3n) is 2.41. The first kappa shape index (κ1) is 12.6. The van der Waals surface area contributed by atoms with Crippen LogP contribution in [0, 0.1) is 6.92 Å². The molecule has 0 unspecified atom stereocenters. The molecule has 2 aromatic rings. The number of hydrogen-bond donors (Lipinski definition) is 2. The third-order valence-corrected chi connectivity index (χ3v) is 3.14. The van der Waals surface area contributed by atoms with Gasteiger partial charge in [0.05, 0.1) is 0 Å². The van der Waals surface area contributed by atoms with E-state index in [1.54, 1.807) is 17.4 Å². The number of aryl methyl sites for hydroxylation is 1. The van der Waals surface area contributed by atoms with Gasteiger partial charge in [0.25, 0.3) is 0 Å². The van der Waals surface area contributed by atoms with Crippen molar-refractivity contribution in [2.24, 2.45) is 0 Å². The molecule has 0 saturated carbocycles.